The van der Waals surface area contributed by atoms with Gasteiger partial charge in [-0.3, -0.25) is 0 Å². The van der Waals surface area contributed by atoms with Crippen LogP contribution in [0.1, 0.15) is 5.69 Å². The molecule has 0 aliphatic carbocycles. The van der Waals surface area contributed by atoms with E-state index in [4.69, 9.17) is 10.5 Å². The van der Waals surface area contributed by atoms with Crippen molar-refractivity contribution in [2.45, 2.75) is 0 Å². The van der Waals surface area contributed by atoms with Crippen LogP contribution in [0.2, 0.25) is 0 Å². The highest BCUT2D eigenvalue weighted by Gasteiger charge is 2.10. The second kappa shape index (κ2) is 2.92. The van der Waals surface area contributed by atoms with Crippen molar-refractivity contribution >= 4 is 11.8 Å². The van der Waals surface area contributed by atoms with Gasteiger partial charge in [-0.05, 0) is 36.4 Å². The second-order valence-electron chi connectivity index (χ2n) is 3.45. The van der Waals surface area contributed by atoms with Gasteiger partial charge >= 0.3 is 0 Å². The molecule has 3 heteroatoms. The van der Waals surface area contributed by atoms with E-state index in [1.165, 1.54) is 0 Å². The van der Waals surface area contributed by atoms with Crippen molar-refractivity contribution in [2.75, 3.05) is 5.73 Å². The predicted molar refractivity (Wildman–Crippen MR) is 59.8 cm³/mol. The maximum absolute atomic E-state index is 5.77. The SMILES string of the molecule is Nc1ccc2c(c1)-n1cccc1C=CO2. The van der Waals surface area contributed by atoms with Crippen LogP contribution in [-0.4, -0.2) is 4.57 Å². The van der Waals surface area contributed by atoms with Gasteiger partial charge in [0.25, 0.3) is 0 Å². The maximum Gasteiger partial charge on any atom is 0.150 e. The quantitative estimate of drug-likeness (QED) is 0.660. The molecule has 0 bridgehead atoms. The molecule has 0 atom stereocenters. The van der Waals surface area contributed by atoms with Crippen LogP contribution in [0.25, 0.3) is 11.8 Å². The molecule has 0 spiro atoms. The molecule has 2 N–H and O–H groups in total. The van der Waals surface area contributed by atoms with Gasteiger partial charge in [0.2, 0.25) is 0 Å². The Hall–Kier alpha value is -2.16. The van der Waals surface area contributed by atoms with Crippen molar-refractivity contribution in [1.82, 2.24) is 4.57 Å². The van der Waals surface area contributed by atoms with E-state index < -0.39 is 0 Å². The Kier molecular flexibility index (Phi) is 1.59. The molecular weight excluding hydrogens is 188 g/mol. The zero-order valence-corrected chi connectivity index (χ0v) is 8.05. The van der Waals surface area contributed by atoms with Crippen LogP contribution < -0.4 is 10.5 Å². The minimum Gasteiger partial charge on any atom is -0.463 e. The number of rotatable bonds is 0. The molecule has 0 saturated heterocycles. The number of nitrogens with two attached hydrogens (primary N) is 1. The smallest absolute Gasteiger partial charge is 0.150 e. The van der Waals surface area contributed by atoms with Gasteiger partial charge in [-0.1, -0.05) is 0 Å². The fraction of sp³-hybridized carbons (Fsp3) is 0. The number of fused-ring (bicyclic) bond motifs is 3. The van der Waals surface area contributed by atoms with Crippen molar-refractivity contribution in [1.29, 1.82) is 0 Å². The molecule has 0 amide bonds. The van der Waals surface area contributed by atoms with Gasteiger partial charge in [0, 0.05) is 17.6 Å². The molecule has 1 aliphatic rings. The third-order valence-corrected chi connectivity index (χ3v) is 2.46. The van der Waals surface area contributed by atoms with E-state index in [-0.39, 0.29) is 0 Å². The zero-order valence-electron chi connectivity index (χ0n) is 8.05. The summed E-state index contributed by atoms with van der Waals surface area (Å²) in [5, 5.41) is 0. The van der Waals surface area contributed by atoms with Crippen LogP contribution in [0.3, 0.4) is 0 Å². The van der Waals surface area contributed by atoms with Crippen molar-refractivity contribution in [2.24, 2.45) is 0 Å². The van der Waals surface area contributed by atoms with Gasteiger partial charge in [0.15, 0.2) is 5.75 Å². The fourth-order valence-electron chi connectivity index (χ4n) is 1.75. The molecule has 0 unspecified atom stereocenters. The van der Waals surface area contributed by atoms with E-state index in [0.717, 1.165) is 22.8 Å². The Bertz CT molecular complexity index is 540. The Morgan fingerprint density at radius 3 is 3.07 bits per heavy atom. The molecule has 0 saturated carbocycles. The Labute approximate surface area is 87.4 Å². The molecule has 3 nitrogen and oxygen atoms in total. The Morgan fingerprint density at radius 2 is 2.13 bits per heavy atom. The lowest BCUT2D eigenvalue weighted by molar-refractivity contribution is 0.485. The summed E-state index contributed by atoms with van der Waals surface area (Å²) in [6.07, 6.45) is 5.61. The standard InChI is InChI=1S/C12H10N2O/c13-9-3-4-12-11(8-9)14-6-1-2-10(14)5-7-15-12/h1-8H,13H2. The molecule has 15 heavy (non-hydrogen) atoms. The lowest BCUT2D eigenvalue weighted by Crippen LogP contribution is -1.97. The van der Waals surface area contributed by atoms with E-state index in [2.05, 4.69) is 4.57 Å². The lowest BCUT2D eigenvalue weighted by atomic mass is 10.2. The molecule has 74 valence electrons. The number of ether oxygens (including phenoxy) is 1. The van der Waals surface area contributed by atoms with Gasteiger partial charge in [-0.2, -0.15) is 0 Å². The van der Waals surface area contributed by atoms with E-state index in [9.17, 15) is 0 Å². The van der Waals surface area contributed by atoms with Gasteiger partial charge in [0.1, 0.15) is 0 Å². The number of hydrogen-bond acceptors (Lipinski definition) is 2. The van der Waals surface area contributed by atoms with Crippen molar-refractivity contribution < 1.29 is 4.74 Å². The number of anilines is 1. The first-order valence-electron chi connectivity index (χ1n) is 4.75. The summed E-state index contributed by atoms with van der Waals surface area (Å²) in [7, 11) is 0. The highest BCUT2D eigenvalue weighted by molar-refractivity contribution is 5.62. The van der Waals surface area contributed by atoms with E-state index in [1.54, 1.807) is 6.26 Å². The molecule has 0 radical (unpaired) electrons. The van der Waals surface area contributed by atoms with Crippen molar-refractivity contribution in [3.8, 4) is 11.4 Å². The van der Waals surface area contributed by atoms with Gasteiger partial charge < -0.3 is 15.0 Å². The number of nitrogens with zero attached hydrogens (tertiary/aromatic N) is 1. The minimum absolute atomic E-state index is 0.735. The number of hydrogen-bond donors (Lipinski definition) is 1. The summed E-state index contributed by atoms with van der Waals surface area (Å²) in [6, 6.07) is 9.65. The minimum atomic E-state index is 0.735. The largest absolute Gasteiger partial charge is 0.463 e. The third-order valence-electron chi connectivity index (χ3n) is 2.46. The topological polar surface area (TPSA) is 40.2 Å². The summed E-state index contributed by atoms with van der Waals surface area (Å²) in [5.41, 5.74) is 8.56. The van der Waals surface area contributed by atoms with Gasteiger partial charge in [-0.25, -0.2) is 0 Å². The highest BCUT2D eigenvalue weighted by Crippen LogP contribution is 2.29. The molecule has 1 aliphatic heterocycles. The van der Waals surface area contributed by atoms with Crippen LogP contribution in [-0.2, 0) is 0 Å². The average Bonchev–Trinajstić information content (AvgIpc) is 2.62. The number of benzene rings is 1. The number of aromatic nitrogens is 1. The molecule has 2 aromatic rings. The summed E-state index contributed by atoms with van der Waals surface area (Å²) >= 11 is 0. The highest BCUT2D eigenvalue weighted by atomic mass is 16.5. The predicted octanol–water partition coefficient (Wildman–Crippen LogP) is 2.42. The molecule has 3 rings (SSSR count). The van der Waals surface area contributed by atoms with E-state index in [0.29, 0.717) is 0 Å². The van der Waals surface area contributed by atoms with E-state index >= 15 is 0 Å². The first kappa shape index (κ1) is 8.17. The lowest BCUT2D eigenvalue weighted by Gasteiger charge is -2.09. The summed E-state index contributed by atoms with van der Waals surface area (Å²) in [4.78, 5) is 0. The molecular formula is C12H10N2O. The summed E-state index contributed by atoms with van der Waals surface area (Å²) in [6.45, 7) is 0. The van der Waals surface area contributed by atoms with Crippen LogP contribution in [0.15, 0.2) is 42.8 Å². The Balaban J connectivity index is 2.32. The summed E-state index contributed by atoms with van der Waals surface area (Å²) < 4.78 is 7.54. The second-order valence-corrected chi connectivity index (χ2v) is 3.45. The van der Waals surface area contributed by atoms with Gasteiger partial charge in [0.05, 0.1) is 11.9 Å². The normalized spacial score (nSPS) is 12.5. The van der Waals surface area contributed by atoms with Crippen molar-refractivity contribution in [3.63, 3.8) is 0 Å². The fourth-order valence-corrected chi connectivity index (χ4v) is 1.75. The molecule has 2 heterocycles. The first-order chi connectivity index (χ1) is 7.34. The maximum atomic E-state index is 5.77. The van der Waals surface area contributed by atoms with Crippen LogP contribution in [0, 0.1) is 0 Å². The van der Waals surface area contributed by atoms with E-state index in [1.807, 2.05) is 42.6 Å². The zero-order chi connectivity index (χ0) is 10.3. The molecule has 0 fully saturated rings. The number of nitrogen functional groups attached to an aromatic ring is 1. The first-order valence-corrected chi connectivity index (χ1v) is 4.75. The van der Waals surface area contributed by atoms with Crippen molar-refractivity contribution in [3.05, 3.63) is 48.5 Å². The molecule has 1 aromatic heterocycles. The van der Waals surface area contributed by atoms with Crippen LogP contribution in [0.5, 0.6) is 5.75 Å². The third kappa shape index (κ3) is 1.21. The monoisotopic (exact) mass is 198 g/mol. The molecule has 1 aromatic carbocycles. The van der Waals surface area contributed by atoms with Crippen LogP contribution in [0.4, 0.5) is 5.69 Å². The van der Waals surface area contributed by atoms with Crippen LogP contribution >= 0.6 is 0 Å². The Morgan fingerprint density at radius 1 is 1.20 bits per heavy atom. The van der Waals surface area contributed by atoms with Gasteiger partial charge in [-0.15, -0.1) is 0 Å². The summed E-state index contributed by atoms with van der Waals surface area (Å²) in [5.74, 6) is 0.815. The average molecular weight is 198 g/mol.